The second-order valence-corrected chi connectivity index (χ2v) is 11.6. The van der Waals surface area contributed by atoms with Gasteiger partial charge in [0.05, 0.1) is 43.1 Å². The normalized spacial score (nSPS) is 20.8. The summed E-state index contributed by atoms with van der Waals surface area (Å²) in [6.45, 7) is 0.859. The summed E-state index contributed by atoms with van der Waals surface area (Å²) in [5, 5.41) is 5.31. The third kappa shape index (κ3) is 5.68. The molecule has 0 N–H and O–H groups in total. The van der Waals surface area contributed by atoms with E-state index >= 15 is 0 Å². The average molecular weight is 576 g/mol. The van der Waals surface area contributed by atoms with Crippen LogP contribution in [0.15, 0.2) is 42.6 Å². The number of hydrogen-bond acceptors (Lipinski definition) is 5. The number of piperazine rings is 1. The number of ether oxygens (including phenoxy) is 1. The molecule has 2 aliphatic heterocycles. The molecular formula is C24H26ClF4N5O3S. The van der Waals surface area contributed by atoms with Gasteiger partial charge in [-0.15, -0.1) is 0 Å². The van der Waals surface area contributed by atoms with Crippen LogP contribution in [0.3, 0.4) is 0 Å². The minimum atomic E-state index is -4.36. The first-order chi connectivity index (χ1) is 18.0. The van der Waals surface area contributed by atoms with E-state index in [1.165, 1.54) is 20.7 Å². The molecular weight excluding hydrogens is 550 g/mol. The number of alkyl halides is 3. The summed E-state index contributed by atoms with van der Waals surface area (Å²) in [7, 11) is -3.84. The van der Waals surface area contributed by atoms with E-state index in [1.54, 1.807) is 40.0 Å². The smallest absolute Gasteiger partial charge is 0.379 e. The van der Waals surface area contributed by atoms with Crippen molar-refractivity contribution in [1.82, 2.24) is 23.3 Å². The van der Waals surface area contributed by atoms with E-state index in [-0.39, 0.29) is 57.5 Å². The zero-order chi connectivity index (χ0) is 27.1. The van der Waals surface area contributed by atoms with E-state index in [4.69, 9.17) is 16.3 Å². The standard InChI is InChI=1S/C24H26ClF4N5O3S/c25-21-14-22-17(15-30-34(22)19-3-1-18(26)2-4-19)13-20(21)23-16-33(8-7-31(23)6-5-24(27,28)29)38(35,36)32-9-11-37-12-10-32/h1-4,13-15,23H,5-12,16H2. The fourth-order valence-electron chi connectivity index (χ4n) is 4.89. The largest absolute Gasteiger partial charge is 0.390 e. The maximum atomic E-state index is 13.4. The highest BCUT2D eigenvalue weighted by molar-refractivity contribution is 7.86. The molecule has 2 aromatic carbocycles. The lowest BCUT2D eigenvalue weighted by Gasteiger charge is -2.43. The second kappa shape index (κ2) is 10.7. The third-order valence-corrected chi connectivity index (χ3v) is 9.21. The molecule has 0 aliphatic carbocycles. The summed E-state index contributed by atoms with van der Waals surface area (Å²) in [4.78, 5) is 1.64. The third-order valence-electron chi connectivity index (χ3n) is 6.88. The van der Waals surface area contributed by atoms with Crippen LogP contribution in [-0.2, 0) is 14.9 Å². The zero-order valence-electron chi connectivity index (χ0n) is 20.2. The Morgan fingerprint density at radius 2 is 1.74 bits per heavy atom. The predicted octanol–water partition coefficient (Wildman–Crippen LogP) is 4.01. The van der Waals surface area contributed by atoms with Gasteiger partial charge in [0.1, 0.15) is 5.82 Å². The average Bonchev–Trinajstić information content (AvgIpc) is 3.30. The van der Waals surface area contributed by atoms with E-state index in [9.17, 15) is 26.0 Å². The van der Waals surface area contributed by atoms with Gasteiger partial charge in [-0.3, -0.25) is 4.90 Å². The number of fused-ring (bicyclic) bond motifs is 1. The van der Waals surface area contributed by atoms with Gasteiger partial charge in [0.2, 0.25) is 0 Å². The van der Waals surface area contributed by atoms with E-state index < -0.39 is 34.7 Å². The summed E-state index contributed by atoms with van der Waals surface area (Å²) in [6, 6.07) is 8.44. The van der Waals surface area contributed by atoms with Crippen molar-refractivity contribution in [1.29, 1.82) is 0 Å². The monoisotopic (exact) mass is 575 g/mol. The quantitative estimate of drug-likeness (QED) is 0.416. The van der Waals surface area contributed by atoms with Gasteiger partial charge in [-0.25, -0.2) is 9.07 Å². The Labute approximate surface area is 222 Å². The highest BCUT2D eigenvalue weighted by Crippen LogP contribution is 2.36. The van der Waals surface area contributed by atoms with Gasteiger partial charge < -0.3 is 4.74 Å². The van der Waals surface area contributed by atoms with Gasteiger partial charge in [-0.05, 0) is 42.0 Å². The minimum absolute atomic E-state index is 0.0468. The van der Waals surface area contributed by atoms with Crippen molar-refractivity contribution in [2.45, 2.75) is 18.6 Å². The molecule has 2 fully saturated rings. The lowest BCUT2D eigenvalue weighted by Crippen LogP contribution is -2.56. The summed E-state index contributed by atoms with van der Waals surface area (Å²) in [6.07, 6.45) is -3.79. The summed E-state index contributed by atoms with van der Waals surface area (Å²) < 4.78 is 88.9. The minimum Gasteiger partial charge on any atom is -0.379 e. The summed E-state index contributed by atoms with van der Waals surface area (Å²) in [5.74, 6) is -0.390. The molecule has 2 aliphatic rings. The van der Waals surface area contributed by atoms with Gasteiger partial charge in [0, 0.05) is 49.7 Å². The number of rotatable bonds is 6. The van der Waals surface area contributed by atoms with E-state index in [0.717, 1.165) is 0 Å². The molecule has 1 atom stereocenters. The molecule has 3 aromatic rings. The van der Waals surface area contributed by atoms with Gasteiger partial charge in [-0.2, -0.15) is 35.3 Å². The fourth-order valence-corrected chi connectivity index (χ4v) is 6.75. The van der Waals surface area contributed by atoms with Crippen LogP contribution < -0.4 is 0 Å². The van der Waals surface area contributed by atoms with Crippen LogP contribution in [0.1, 0.15) is 18.0 Å². The van der Waals surface area contributed by atoms with Crippen molar-refractivity contribution in [3.63, 3.8) is 0 Å². The van der Waals surface area contributed by atoms with Gasteiger partial charge in [0.15, 0.2) is 0 Å². The molecule has 0 saturated carbocycles. The van der Waals surface area contributed by atoms with Gasteiger partial charge in [0.25, 0.3) is 10.2 Å². The molecule has 0 bridgehead atoms. The Morgan fingerprint density at radius 1 is 1.03 bits per heavy atom. The van der Waals surface area contributed by atoms with Crippen LogP contribution in [0, 0.1) is 5.82 Å². The maximum absolute atomic E-state index is 13.4. The fraction of sp³-hybridized carbons (Fsp3) is 0.458. The van der Waals surface area contributed by atoms with Crippen LogP contribution in [0.2, 0.25) is 5.02 Å². The number of aromatic nitrogens is 2. The topological polar surface area (TPSA) is 70.9 Å². The van der Waals surface area contributed by atoms with E-state index in [1.807, 2.05) is 0 Å². The van der Waals surface area contributed by atoms with Crippen molar-refractivity contribution in [3.05, 3.63) is 59.0 Å². The summed E-state index contributed by atoms with van der Waals surface area (Å²) >= 11 is 6.70. The molecule has 38 heavy (non-hydrogen) atoms. The SMILES string of the molecule is O=S(=O)(N1CCOCC1)N1CCN(CCC(F)(F)F)C(c2cc3cnn(-c4ccc(F)cc4)c3cc2Cl)C1. The van der Waals surface area contributed by atoms with Crippen LogP contribution in [0.4, 0.5) is 17.6 Å². The number of nitrogens with zero attached hydrogens (tertiary/aromatic N) is 5. The molecule has 2 saturated heterocycles. The first kappa shape index (κ1) is 27.3. The zero-order valence-corrected chi connectivity index (χ0v) is 21.8. The first-order valence-electron chi connectivity index (χ1n) is 12.1. The van der Waals surface area contributed by atoms with Crippen LogP contribution in [0.25, 0.3) is 16.6 Å². The second-order valence-electron chi connectivity index (χ2n) is 9.26. The number of hydrogen-bond donors (Lipinski definition) is 0. The lowest BCUT2D eigenvalue weighted by atomic mass is 10.0. The Morgan fingerprint density at radius 3 is 2.42 bits per heavy atom. The number of benzene rings is 2. The van der Waals surface area contributed by atoms with Crippen molar-refractivity contribution >= 4 is 32.7 Å². The first-order valence-corrected chi connectivity index (χ1v) is 13.9. The van der Waals surface area contributed by atoms with E-state index in [0.29, 0.717) is 22.2 Å². The Bertz CT molecular complexity index is 1390. The van der Waals surface area contributed by atoms with Gasteiger partial charge >= 0.3 is 6.18 Å². The molecule has 8 nitrogen and oxygen atoms in total. The molecule has 14 heteroatoms. The Kier molecular flexibility index (Phi) is 7.68. The van der Waals surface area contributed by atoms with Crippen LogP contribution in [0.5, 0.6) is 0 Å². The highest BCUT2D eigenvalue weighted by atomic mass is 35.5. The Hall–Kier alpha value is -2.29. The Balaban J connectivity index is 1.49. The predicted molar refractivity (Wildman–Crippen MR) is 134 cm³/mol. The lowest BCUT2D eigenvalue weighted by molar-refractivity contribution is -0.140. The summed E-state index contributed by atoms with van der Waals surface area (Å²) in [5.41, 5.74) is 1.75. The number of morpholine rings is 1. The van der Waals surface area contributed by atoms with Crippen molar-refractivity contribution in [3.8, 4) is 5.69 Å². The molecule has 206 valence electrons. The molecule has 3 heterocycles. The van der Waals surface area contributed by atoms with Gasteiger partial charge in [-0.1, -0.05) is 11.6 Å². The molecule has 0 radical (unpaired) electrons. The van der Waals surface area contributed by atoms with E-state index in [2.05, 4.69) is 5.10 Å². The molecule has 1 unspecified atom stereocenters. The molecule has 5 rings (SSSR count). The van der Waals surface area contributed by atoms with Crippen LogP contribution >= 0.6 is 11.6 Å². The number of halogens is 5. The van der Waals surface area contributed by atoms with Crippen molar-refractivity contribution in [2.24, 2.45) is 0 Å². The van der Waals surface area contributed by atoms with Crippen molar-refractivity contribution < 1.29 is 30.7 Å². The molecule has 1 aromatic heterocycles. The highest BCUT2D eigenvalue weighted by Gasteiger charge is 2.40. The molecule has 0 amide bonds. The maximum Gasteiger partial charge on any atom is 0.390 e. The van der Waals surface area contributed by atoms with Crippen LogP contribution in [-0.4, -0.2) is 90.4 Å². The molecule has 0 spiro atoms. The van der Waals surface area contributed by atoms with Crippen molar-refractivity contribution in [2.75, 3.05) is 52.5 Å².